The van der Waals surface area contributed by atoms with Gasteiger partial charge in [-0.1, -0.05) is 159 Å². The molecule has 0 N–H and O–H groups in total. The van der Waals surface area contributed by atoms with E-state index in [1.165, 1.54) is 106 Å². The molecule has 0 radical (unpaired) electrons. The minimum absolute atomic E-state index is 0.101. The number of aromatic nitrogens is 1. The van der Waals surface area contributed by atoms with Crippen molar-refractivity contribution in [2.75, 3.05) is 4.90 Å². The molecule has 3 aliphatic carbocycles. The van der Waals surface area contributed by atoms with Gasteiger partial charge in [-0.3, -0.25) is 0 Å². The monoisotopic (exact) mass is 792 g/mol. The van der Waals surface area contributed by atoms with Crippen molar-refractivity contribution in [3.63, 3.8) is 0 Å². The molecule has 294 valence electrons. The minimum Gasteiger partial charge on any atom is -0.310 e. The van der Waals surface area contributed by atoms with Crippen LogP contribution in [0.5, 0.6) is 0 Å². The standard InChI is InChI=1S/C60H44N2/c1-59(2)51-22-11-9-21-49(51)58-53(59)24-14-26-57(58)61(45-32-33-47-46-19-8-12-23-52(46)60(54(47)36-45)37-41-15-6-7-16-42(41)38-60)44-30-27-39(28-31-44)40-29-34-56-50(35-40)48-20-10-13-25-55(48)62(56)43-17-4-3-5-18-43/h3-36H,37-38H2,1-2H3. The topological polar surface area (TPSA) is 8.17 Å². The Bertz CT molecular complexity index is 3410. The van der Waals surface area contributed by atoms with Gasteiger partial charge in [0.2, 0.25) is 0 Å². The first-order chi connectivity index (χ1) is 30.5. The Labute approximate surface area is 363 Å². The van der Waals surface area contributed by atoms with Crippen molar-refractivity contribution < 1.29 is 0 Å². The first-order valence-electron chi connectivity index (χ1n) is 22.0. The second-order valence-electron chi connectivity index (χ2n) is 18.2. The fourth-order valence-electron chi connectivity index (χ4n) is 11.7. The highest BCUT2D eigenvalue weighted by Crippen LogP contribution is 2.58. The summed E-state index contributed by atoms with van der Waals surface area (Å²) in [6.07, 6.45) is 2.03. The number of hydrogen-bond acceptors (Lipinski definition) is 1. The molecule has 0 aliphatic heterocycles. The number of benzene rings is 9. The van der Waals surface area contributed by atoms with Crippen LogP contribution >= 0.6 is 0 Å². The van der Waals surface area contributed by atoms with E-state index in [2.05, 4.69) is 230 Å². The van der Waals surface area contributed by atoms with Crippen molar-refractivity contribution in [3.8, 4) is 39.1 Å². The number of anilines is 3. The van der Waals surface area contributed by atoms with Crippen LogP contribution in [0.2, 0.25) is 0 Å². The largest absolute Gasteiger partial charge is 0.310 e. The summed E-state index contributed by atoms with van der Waals surface area (Å²) in [6.45, 7) is 4.76. The predicted octanol–water partition coefficient (Wildman–Crippen LogP) is 15.3. The highest BCUT2D eigenvalue weighted by Gasteiger charge is 2.47. The Morgan fingerprint density at radius 3 is 1.84 bits per heavy atom. The molecule has 13 rings (SSSR count). The lowest BCUT2D eigenvalue weighted by Gasteiger charge is -2.31. The molecule has 9 aromatic carbocycles. The number of nitrogens with zero attached hydrogens (tertiary/aromatic N) is 2. The maximum atomic E-state index is 2.54. The fourth-order valence-corrected chi connectivity index (χ4v) is 11.7. The summed E-state index contributed by atoms with van der Waals surface area (Å²) in [7, 11) is 0. The van der Waals surface area contributed by atoms with E-state index in [1.54, 1.807) is 0 Å². The zero-order valence-corrected chi connectivity index (χ0v) is 34.9. The number of rotatable bonds is 5. The Kier molecular flexibility index (Phi) is 7.43. The van der Waals surface area contributed by atoms with Gasteiger partial charge < -0.3 is 9.47 Å². The fraction of sp³-hybridized carbons (Fsp3) is 0.100. The zero-order chi connectivity index (χ0) is 41.2. The lowest BCUT2D eigenvalue weighted by Crippen LogP contribution is -2.26. The maximum Gasteiger partial charge on any atom is 0.0543 e. The molecular weight excluding hydrogens is 749 g/mol. The summed E-state index contributed by atoms with van der Waals surface area (Å²) in [5.41, 5.74) is 23.3. The number of hydrogen-bond donors (Lipinski definition) is 0. The van der Waals surface area contributed by atoms with Gasteiger partial charge in [-0.2, -0.15) is 0 Å². The van der Waals surface area contributed by atoms with E-state index in [9.17, 15) is 0 Å². The van der Waals surface area contributed by atoms with E-state index in [1.807, 2.05) is 0 Å². The van der Waals surface area contributed by atoms with Gasteiger partial charge in [0.15, 0.2) is 0 Å². The number of fused-ring (bicyclic) bond motifs is 12. The molecule has 10 aromatic rings. The van der Waals surface area contributed by atoms with Gasteiger partial charge in [-0.15, -0.1) is 0 Å². The van der Waals surface area contributed by atoms with Gasteiger partial charge in [0.05, 0.1) is 16.7 Å². The molecule has 3 aliphatic rings. The molecule has 0 unspecified atom stereocenters. The zero-order valence-electron chi connectivity index (χ0n) is 34.9. The molecular formula is C60H44N2. The van der Waals surface area contributed by atoms with Crippen LogP contribution in [0.1, 0.15) is 47.2 Å². The van der Waals surface area contributed by atoms with E-state index in [0.717, 1.165) is 18.5 Å². The molecule has 0 saturated carbocycles. The van der Waals surface area contributed by atoms with Gasteiger partial charge in [-0.25, -0.2) is 0 Å². The summed E-state index contributed by atoms with van der Waals surface area (Å²) >= 11 is 0. The first-order valence-corrected chi connectivity index (χ1v) is 22.0. The van der Waals surface area contributed by atoms with Crippen LogP contribution in [0, 0.1) is 0 Å². The lowest BCUT2D eigenvalue weighted by molar-refractivity contribution is 0.563. The van der Waals surface area contributed by atoms with Crippen molar-refractivity contribution in [1.29, 1.82) is 0 Å². The van der Waals surface area contributed by atoms with Gasteiger partial charge >= 0.3 is 0 Å². The summed E-state index contributed by atoms with van der Waals surface area (Å²) in [5, 5.41) is 2.52. The Morgan fingerprint density at radius 2 is 1.03 bits per heavy atom. The molecule has 0 atom stereocenters. The smallest absolute Gasteiger partial charge is 0.0543 e. The van der Waals surface area contributed by atoms with Crippen molar-refractivity contribution in [2.45, 2.75) is 37.5 Å². The molecule has 1 heterocycles. The van der Waals surface area contributed by atoms with Crippen molar-refractivity contribution in [2.24, 2.45) is 0 Å². The Hall–Kier alpha value is -7.42. The predicted molar refractivity (Wildman–Crippen MR) is 259 cm³/mol. The third kappa shape index (κ3) is 4.92. The highest BCUT2D eigenvalue weighted by molar-refractivity contribution is 6.10. The van der Waals surface area contributed by atoms with E-state index in [0.29, 0.717) is 0 Å². The molecule has 1 spiro atoms. The van der Waals surface area contributed by atoms with Gasteiger partial charge in [0.1, 0.15) is 0 Å². The minimum atomic E-state index is -0.112. The van der Waals surface area contributed by atoms with Crippen LogP contribution < -0.4 is 4.90 Å². The van der Waals surface area contributed by atoms with Gasteiger partial charge in [0.25, 0.3) is 0 Å². The summed E-state index contributed by atoms with van der Waals surface area (Å²) in [4.78, 5) is 2.54. The van der Waals surface area contributed by atoms with Crippen LogP contribution in [0.4, 0.5) is 17.1 Å². The van der Waals surface area contributed by atoms with Crippen LogP contribution in [-0.4, -0.2) is 4.57 Å². The quantitative estimate of drug-likeness (QED) is 0.169. The maximum absolute atomic E-state index is 2.54. The van der Waals surface area contributed by atoms with Crippen molar-refractivity contribution >= 4 is 38.9 Å². The molecule has 0 fully saturated rings. The third-order valence-electron chi connectivity index (χ3n) is 14.6. The highest BCUT2D eigenvalue weighted by atomic mass is 15.1. The number of para-hydroxylation sites is 2. The second-order valence-corrected chi connectivity index (χ2v) is 18.2. The van der Waals surface area contributed by atoms with E-state index >= 15 is 0 Å². The average Bonchev–Trinajstić information content (AvgIpc) is 4.02. The van der Waals surface area contributed by atoms with Crippen LogP contribution in [0.15, 0.2) is 206 Å². The normalized spacial score (nSPS) is 14.7. The summed E-state index contributed by atoms with van der Waals surface area (Å²) in [5.74, 6) is 0. The van der Waals surface area contributed by atoms with E-state index < -0.39 is 0 Å². The lowest BCUT2D eigenvalue weighted by atomic mass is 9.75. The molecule has 0 amide bonds. The molecule has 62 heavy (non-hydrogen) atoms. The van der Waals surface area contributed by atoms with E-state index in [4.69, 9.17) is 0 Å². The first kappa shape index (κ1) is 35.3. The molecule has 2 heteroatoms. The van der Waals surface area contributed by atoms with Crippen molar-refractivity contribution in [1.82, 2.24) is 4.57 Å². The van der Waals surface area contributed by atoms with Crippen LogP contribution in [-0.2, 0) is 23.7 Å². The molecule has 1 aromatic heterocycles. The molecule has 0 bridgehead atoms. The second kappa shape index (κ2) is 13.0. The SMILES string of the molecule is CC1(C)c2ccccc2-c2c(N(c3ccc(-c4ccc5c(c4)c4ccccc4n5-c4ccccc4)cc3)c3ccc4c(c3)C3(Cc5ccccc5C3)c3ccccc3-4)cccc21. The average molecular weight is 793 g/mol. The van der Waals surface area contributed by atoms with Crippen LogP contribution in [0.25, 0.3) is 60.9 Å². The van der Waals surface area contributed by atoms with E-state index in [-0.39, 0.29) is 10.8 Å². The van der Waals surface area contributed by atoms with Gasteiger partial charge in [0, 0.05) is 44.2 Å². The Morgan fingerprint density at radius 1 is 0.419 bits per heavy atom. The van der Waals surface area contributed by atoms with Gasteiger partial charge in [-0.05, 0) is 135 Å². The van der Waals surface area contributed by atoms with Crippen molar-refractivity contribution in [3.05, 3.63) is 240 Å². The molecule has 0 saturated heterocycles. The summed E-state index contributed by atoms with van der Waals surface area (Å²) < 4.78 is 2.39. The Balaban J connectivity index is 0.984. The third-order valence-corrected chi connectivity index (χ3v) is 14.6. The molecule has 2 nitrogen and oxygen atoms in total. The summed E-state index contributed by atoms with van der Waals surface area (Å²) in [6, 6.07) is 77.3. The van der Waals surface area contributed by atoms with Crippen LogP contribution in [0.3, 0.4) is 0 Å².